The molecule has 1 aromatic rings. The van der Waals surface area contributed by atoms with Crippen LogP contribution in [0.1, 0.15) is 11.1 Å². The number of methoxy groups -OCH3 is 1. The molecule has 1 aromatic heterocycles. The number of ether oxygens (including phenoxy) is 1. The Hall–Kier alpha value is -2.02. The van der Waals surface area contributed by atoms with Gasteiger partial charge in [0.25, 0.3) is 0 Å². The number of esters is 1. The van der Waals surface area contributed by atoms with E-state index in [0.717, 1.165) is 5.56 Å². The second-order valence-electron chi connectivity index (χ2n) is 2.69. The van der Waals surface area contributed by atoms with E-state index < -0.39 is 5.97 Å². The van der Waals surface area contributed by atoms with Gasteiger partial charge >= 0.3 is 5.97 Å². The lowest BCUT2D eigenvalue weighted by Gasteiger charge is -1.97. The molecule has 0 aliphatic carbocycles. The maximum atomic E-state index is 10.7. The maximum absolute atomic E-state index is 10.7. The third-order valence-corrected chi connectivity index (χ3v) is 1.54. The lowest BCUT2D eigenvalue weighted by Crippen LogP contribution is -1.97. The van der Waals surface area contributed by atoms with Crippen molar-refractivity contribution in [2.24, 2.45) is 0 Å². The van der Waals surface area contributed by atoms with Gasteiger partial charge in [-0.05, 0) is 18.6 Å². The van der Waals surface area contributed by atoms with Crippen LogP contribution in [0.2, 0.25) is 0 Å². The van der Waals surface area contributed by atoms with Crippen LogP contribution >= 0.6 is 0 Å². The average molecular weight is 190 g/mol. The number of nitrogens with two attached hydrogens (primary N) is 1. The summed E-state index contributed by atoms with van der Waals surface area (Å²) in [5, 5.41) is 0. The van der Waals surface area contributed by atoms with Gasteiger partial charge < -0.3 is 10.5 Å². The predicted molar refractivity (Wildman–Crippen MR) is 52.3 cm³/mol. The minimum Gasteiger partial charge on any atom is -0.459 e. The molecule has 1 heterocycles. The fourth-order valence-electron chi connectivity index (χ4n) is 0.849. The summed E-state index contributed by atoms with van der Waals surface area (Å²) in [5.41, 5.74) is 7.03. The molecule has 0 saturated carbocycles. The van der Waals surface area contributed by atoms with Crippen LogP contribution in [0, 0.1) is 18.8 Å². The van der Waals surface area contributed by atoms with Crippen LogP contribution in [0.4, 0.5) is 5.82 Å². The summed E-state index contributed by atoms with van der Waals surface area (Å²) in [6.07, 6.45) is 1.64. The van der Waals surface area contributed by atoms with Crippen molar-refractivity contribution in [1.82, 2.24) is 4.98 Å². The Morgan fingerprint density at radius 2 is 2.36 bits per heavy atom. The number of aryl methyl sites for hydroxylation is 1. The molecule has 0 bridgehead atoms. The van der Waals surface area contributed by atoms with Crippen LogP contribution in [0.25, 0.3) is 0 Å². The van der Waals surface area contributed by atoms with E-state index in [9.17, 15) is 4.79 Å². The van der Waals surface area contributed by atoms with Crippen LogP contribution in [-0.4, -0.2) is 18.1 Å². The van der Waals surface area contributed by atoms with Crippen LogP contribution in [0.5, 0.6) is 0 Å². The standard InChI is InChI=1S/C10H10N2O2/c1-7-5-8(10(11)12-6-7)3-4-9(13)14-2/h5-6H,1-2H3,(H2,11,12). The van der Waals surface area contributed by atoms with E-state index in [2.05, 4.69) is 21.6 Å². The van der Waals surface area contributed by atoms with Gasteiger partial charge in [0.15, 0.2) is 0 Å². The number of nitrogen functional groups attached to an aromatic ring is 1. The summed E-state index contributed by atoms with van der Waals surface area (Å²) in [5.74, 6) is 4.60. The van der Waals surface area contributed by atoms with Gasteiger partial charge in [0.2, 0.25) is 0 Å². The number of rotatable bonds is 0. The highest BCUT2D eigenvalue weighted by molar-refractivity contribution is 5.89. The number of hydrogen-bond donors (Lipinski definition) is 1. The van der Waals surface area contributed by atoms with Crippen molar-refractivity contribution in [2.75, 3.05) is 12.8 Å². The molecule has 0 radical (unpaired) electrons. The first-order chi connectivity index (χ1) is 6.63. The minimum atomic E-state index is -0.592. The van der Waals surface area contributed by atoms with Crippen molar-refractivity contribution >= 4 is 11.8 Å². The van der Waals surface area contributed by atoms with E-state index in [4.69, 9.17) is 5.73 Å². The zero-order chi connectivity index (χ0) is 10.6. The van der Waals surface area contributed by atoms with Crippen molar-refractivity contribution in [3.05, 3.63) is 23.4 Å². The van der Waals surface area contributed by atoms with Gasteiger partial charge in [-0.2, -0.15) is 0 Å². The fourth-order valence-corrected chi connectivity index (χ4v) is 0.849. The molecule has 4 nitrogen and oxygen atoms in total. The number of aromatic nitrogens is 1. The molecule has 0 aliphatic rings. The highest BCUT2D eigenvalue weighted by Crippen LogP contribution is 2.07. The molecule has 0 aromatic carbocycles. The topological polar surface area (TPSA) is 65.2 Å². The fraction of sp³-hybridized carbons (Fsp3) is 0.200. The molecule has 0 spiro atoms. The molecule has 2 N–H and O–H groups in total. The Labute approximate surface area is 82.1 Å². The van der Waals surface area contributed by atoms with Gasteiger partial charge in [-0.1, -0.05) is 5.92 Å². The van der Waals surface area contributed by atoms with Gasteiger partial charge in [-0.3, -0.25) is 0 Å². The molecule has 0 unspecified atom stereocenters. The Morgan fingerprint density at radius 3 is 3.00 bits per heavy atom. The van der Waals surface area contributed by atoms with Crippen LogP contribution in [0.3, 0.4) is 0 Å². The van der Waals surface area contributed by atoms with Crippen molar-refractivity contribution in [3.63, 3.8) is 0 Å². The third kappa shape index (κ3) is 2.49. The first-order valence-electron chi connectivity index (χ1n) is 3.95. The summed E-state index contributed by atoms with van der Waals surface area (Å²) in [4.78, 5) is 14.6. The number of pyridine rings is 1. The Bertz CT molecular complexity index is 416. The summed E-state index contributed by atoms with van der Waals surface area (Å²) in [6, 6.07) is 1.76. The van der Waals surface area contributed by atoms with E-state index >= 15 is 0 Å². The smallest absolute Gasteiger partial charge is 0.384 e. The molecular formula is C10H10N2O2. The number of anilines is 1. The number of carbonyl (C=O) groups is 1. The van der Waals surface area contributed by atoms with Crippen molar-refractivity contribution in [2.45, 2.75) is 6.92 Å². The first kappa shape index (κ1) is 10.1. The first-order valence-corrected chi connectivity index (χ1v) is 3.95. The summed E-state index contributed by atoms with van der Waals surface area (Å²) >= 11 is 0. The number of hydrogen-bond acceptors (Lipinski definition) is 4. The second kappa shape index (κ2) is 4.28. The SMILES string of the molecule is COC(=O)C#Cc1cc(C)cnc1N. The van der Waals surface area contributed by atoms with Crippen LogP contribution < -0.4 is 5.73 Å². The maximum Gasteiger partial charge on any atom is 0.384 e. The molecule has 4 heteroatoms. The zero-order valence-electron chi connectivity index (χ0n) is 8.00. The largest absolute Gasteiger partial charge is 0.459 e. The van der Waals surface area contributed by atoms with Gasteiger partial charge in [0.05, 0.1) is 12.7 Å². The predicted octanol–water partition coefficient (Wildman–Crippen LogP) is 0.497. The second-order valence-corrected chi connectivity index (χ2v) is 2.69. The van der Waals surface area contributed by atoms with Gasteiger partial charge in [0.1, 0.15) is 5.82 Å². The van der Waals surface area contributed by atoms with Crippen molar-refractivity contribution in [1.29, 1.82) is 0 Å². The van der Waals surface area contributed by atoms with E-state index in [-0.39, 0.29) is 0 Å². The van der Waals surface area contributed by atoms with E-state index in [1.54, 1.807) is 12.3 Å². The van der Waals surface area contributed by atoms with Crippen molar-refractivity contribution < 1.29 is 9.53 Å². The van der Waals surface area contributed by atoms with Gasteiger partial charge in [-0.15, -0.1) is 0 Å². The Morgan fingerprint density at radius 1 is 1.64 bits per heavy atom. The molecule has 1 rings (SSSR count). The van der Waals surface area contributed by atoms with Gasteiger partial charge in [0, 0.05) is 12.1 Å². The van der Waals surface area contributed by atoms with Gasteiger partial charge in [-0.25, -0.2) is 9.78 Å². The van der Waals surface area contributed by atoms with E-state index in [0.29, 0.717) is 11.4 Å². The van der Waals surface area contributed by atoms with E-state index in [1.807, 2.05) is 6.92 Å². The molecule has 0 amide bonds. The third-order valence-electron chi connectivity index (χ3n) is 1.54. The highest BCUT2D eigenvalue weighted by atomic mass is 16.5. The Balaban J connectivity index is 3.00. The van der Waals surface area contributed by atoms with E-state index in [1.165, 1.54) is 7.11 Å². The molecule has 0 aliphatic heterocycles. The lowest BCUT2D eigenvalue weighted by atomic mass is 10.2. The highest BCUT2D eigenvalue weighted by Gasteiger charge is 1.97. The summed E-state index contributed by atoms with van der Waals surface area (Å²) in [7, 11) is 1.27. The monoisotopic (exact) mass is 190 g/mol. The summed E-state index contributed by atoms with van der Waals surface area (Å²) < 4.78 is 4.37. The number of nitrogens with zero attached hydrogens (tertiary/aromatic N) is 1. The quantitative estimate of drug-likeness (QED) is 0.478. The van der Waals surface area contributed by atoms with Crippen LogP contribution in [0.15, 0.2) is 12.3 Å². The summed E-state index contributed by atoms with van der Waals surface area (Å²) in [6.45, 7) is 1.87. The Kier molecular flexibility index (Phi) is 3.08. The van der Waals surface area contributed by atoms with Crippen LogP contribution in [-0.2, 0) is 9.53 Å². The van der Waals surface area contributed by atoms with Crippen molar-refractivity contribution in [3.8, 4) is 11.8 Å². The molecule has 0 atom stereocenters. The molecule has 72 valence electrons. The molecule has 14 heavy (non-hydrogen) atoms. The normalized spacial score (nSPS) is 8.71. The zero-order valence-corrected chi connectivity index (χ0v) is 8.00. The lowest BCUT2D eigenvalue weighted by molar-refractivity contribution is -0.133. The molecule has 0 fully saturated rings. The molecular weight excluding hydrogens is 180 g/mol. The average Bonchev–Trinajstić information content (AvgIpc) is 2.19. The minimum absolute atomic E-state index is 0.312. The molecule has 0 saturated heterocycles. The number of carbonyl (C=O) groups excluding carboxylic acids is 1.